The van der Waals surface area contributed by atoms with Crippen molar-refractivity contribution in [2.45, 2.75) is 44.7 Å². The Morgan fingerprint density at radius 1 is 1.00 bits per heavy atom. The second kappa shape index (κ2) is 13.9. The molecular weight excluding hydrogens is 573 g/mol. The molecule has 3 aromatic carbocycles. The number of anilines is 1. The number of carbonyl (C=O) groups is 2. The molecular formula is C29H33Cl2N3O5S. The van der Waals surface area contributed by atoms with Gasteiger partial charge in [0.05, 0.1) is 17.7 Å². The summed E-state index contributed by atoms with van der Waals surface area (Å²) in [4.78, 5) is 28.5. The molecule has 0 saturated heterocycles. The molecule has 8 nitrogen and oxygen atoms in total. The summed E-state index contributed by atoms with van der Waals surface area (Å²) in [6.07, 6.45) is 0.294. The summed E-state index contributed by atoms with van der Waals surface area (Å²) < 4.78 is 34.5. The molecule has 1 unspecified atom stereocenters. The number of carbonyl (C=O) groups excluding carboxylic acids is 2. The van der Waals surface area contributed by atoms with Gasteiger partial charge in [-0.05, 0) is 67.8 Å². The van der Waals surface area contributed by atoms with Crippen LogP contribution in [0.1, 0.15) is 31.4 Å². The molecule has 3 aromatic rings. The van der Waals surface area contributed by atoms with Crippen LogP contribution in [0, 0.1) is 6.92 Å². The Bertz CT molecular complexity index is 1450. The number of benzene rings is 3. The third-order valence-electron chi connectivity index (χ3n) is 6.31. The first-order valence-corrected chi connectivity index (χ1v) is 15.0. The molecule has 11 heteroatoms. The van der Waals surface area contributed by atoms with E-state index in [9.17, 15) is 18.0 Å². The quantitative estimate of drug-likeness (QED) is 0.296. The lowest BCUT2D eigenvalue weighted by Crippen LogP contribution is -2.52. The normalized spacial score (nSPS) is 11.9. The smallest absolute Gasteiger partial charge is 0.264 e. The first kappa shape index (κ1) is 31.3. The lowest BCUT2D eigenvalue weighted by atomic mass is 10.1. The minimum atomic E-state index is -4.22. The Labute approximate surface area is 245 Å². The summed E-state index contributed by atoms with van der Waals surface area (Å²) >= 11 is 12.5. The topological polar surface area (TPSA) is 96.0 Å². The molecule has 0 radical (unpaired) electrons. The molecule has 1 atom stereocenters. The van der Waals surface area contributed by atoms with E-state index in [0.29, 0.717) is 28.6 Å². The Morgan fingerprint density at radius 2 is 1.70 bits per heavy atom. The Balaban J connectivity index is 2.14. The third-order valence-corrected chi connectivity index (χ3v) is 8.67. The molecule has 0 saturated carbocycles. The van der Waals surface area contributed by atoms with Crippen LogP contribution in [-0.4, -0.2) is 51.4 Å². The van der Waals surface area contributed by atoms with Crippen LogP contribution in [0.15, 0.2) is 71.6 Å². The van der Waals surface area contributed by atoms with Crippen LogP contribution in [-0.2, 0) is 26.2 Å². The average Bonchev–Trinajstić information content (AvgIpc) is 2.93. The number of sulfonamides is 1. The Kier molecular flexibility index (Phi) is 10.8. The molecule has 0 heterocycles. The number of nitrogens with zero attached hydrogens (tertiary/aromatic N) is 2. The van der Waals surface area contributed by atoms with Crippen LogP contribution in [0.4, 0.5) is 5.69 Å². The summed E-state index contributed by atoms with van der Waals surface area (Å²) in [6, 6.07) is 16.9. The predicted octanol–water partition coefficient (Wildman–Crippen LogP) is 5.45. The largest absolute Gasteiger partial charge is 0.495 e. The minimum absolute atomic E-state index is 0.00872. The van der Waals surface area contributed by atoms with Crippen molar-refractivity contribution >= 4 is 50.7 Å². The molecule has 0 aliphatic rings. The van der Waals surface area contributed by atoms with E-state index < -0.39 is 28.5 Å². The fraction of sp³-hybridized carbons (Fsp3) is 0.310. The van der Waals surface area contributed by atoms with Crippen molar-refractivity contribution in [2.24, 2.45) is 0 Å². The van der Waals surface area contributed by atoms with E-state index in [-0.39, 0.29) is 28.8 Å². The highest BCUT2D eigenvalue weighted by molar-refractivity contribution is 7.92. The number of rotatable bonds is 12. The molecule has 3 rings (SSSR count). The van der Waals surface area contributed by atoms with Gasteiger partial charge in [0.2, 0.25) is 11.8 Å². The van der Waals surface area contributed by atoms with Crippen LogP contribution in [0.5, 0.6) is 5.75 Å². The SMILES string of the molecule is CCNC(=O)C(CC)N(Cc1ccc(Cl)cc1Cl)C(=O)CN(c1cc(C)ccc1OC)S(=O)(=O)c1ccccc1. The Hall–Kier alpha value is -3.27. The molecule has 0 aliphatic carbocycles. The van der Waals surface area contributed by atoms with E-state index in [4.69, 9.17) is 27.9 Å². The van der Waals surface area contributed by atoms with E-state index in [0.717, 1.165) is 9.87 Å². The summed E-state index contributed by atoms with van der Waals surface area (Å²) in [5.74, 6) is -0.665. The van der Waals surface area contributed by atoms with Gasteiger partial charge in [-0.15, -0.1) is 0 Å². The molecule has 1 N–H and O–H groups in total. The van der Waals surface area contributed by atoms with Gasteiger partial charge in [-0.25, -0.2) is 8.42 Å². The van der Waals surface area contributed by atoms with Gasteiger partial charge >= 0.3 is 0 Å². The van der Waals surface area contributed by atoms with E-state index in [1.165, 1.54) is 24.1 Å². The number of likely N-dealkylation sites (N-methyl/N-ethyl adjacent to an activating group) is 1. The minimum Gasteiger partial charge on any atom is -0.495 e. The maximum atomic E-state index is 14.1. The van der Waals surface area contributed by atoms with Crippen molar-refractivity contribution in [1.29, 1.82) is 0 Å². The standard InChI is InChI=1S/C29H33Cl2N3O5S/c1-5-25(29(36)32-6-2)33(18-21-13-14-22(30)17-24(21)31)28(35)19-34(26-16-20(3)12-15-27(26)39-4)40(37,38)23-10-8-7-9-11-23/h7-17,25H,5-6,18-19H2,1-4H3,(H,32,36). The van der Waals surface area contributed by atoms with Gasteiger partial charge in [0.15, 0.2) is 0 Å². The van der Waals surface area contributed by atoms with E-state index in [2.05, 4.69) is 5.32 Å². The van der Waals surface area contributed by atoms with Gasteiger partial charge in [-0.1, -0.05) is 60.5 Å². The predicted molar refractivity (Wildman–Crippen MR) is 158 cm³/mol. The van der Waals surface area contributed by atoms with E-state index >= 15 is 0 Å². The van der Waals surface area contributed by atoms with Gasteiger partial charge in [-0.3, -0.25) is 13.9 Å². The van der Waals surface area contributed by atoms with Crippen LogP contribution in [0.25, 0.3) is 0 Å². The first-order chi connectivity index (χ1) is 19.0. The number of nitrogens with one attached hydrogen (secondary N) is 1. The fourth-order valence-corrected chi connectivity index (χ4v) is 6.18. The number of hydrogen-bond acceptors (Lipinski definition) is 5. The number of ether oxygens (including phenoxy) is 1. The van der Waals surface area contributed by atoms with Crippen molar-refractivity contribution in [3.05, 3.63) is 87.9 Å². The van der Waals surface area contributed by atoms with Crippen molar-refractivity contribution in [1.82, 2.24) is 10.2 Å². The summed E-state index contributed by atoms with van der Waals surface area (Å²) in [5, 5.41) is 3.52. The maximum absolute atomic E-state index is 14.1. The van der Waals surface area contributed by atoms with Crippen LogP contribution in [0.3, 0.4) is 0 Å². The lowest BCUT2D eigenvalue weighted by molar-refractivity contribution is -0.140. The average molecular weight is 607 g/mol. The zero-order valence-corrected chi connectivity index (χ0v) is 25.2. The summed E-state index contributed by atoms with van der Waals surface area (Å²) in [6.45, 7) is 5.13. The van der Waals surface area contributed by atoms with E-state index in [1.807, 2.05) is 6.92 Å². The monoisotopic (exact) mass is 605 g/mol. The highest BCUT2D eigenvalue weighted by Gasteiger charge is 2.35. The molecule has 0 spiro atoms. The molecule has 0 aliphatic heterocycles. The second-order valence-electron chi connectivity index (χ2n) is 9.08. The number of methoxy groups -OCH3 is 1. The molecule has 214 valence electrons. The first-order valence-electron chi connectivity index (χ1n) is 12.8. The van der Waals surface area contributed by atoms with Crippen LogP contribution >= 0.6 is 23.2 Å². The van der Waals surface area contributed by atoms with Crippen LogP contribution < -0.4 is 14.4 Å². The van der Waals surface area contributed by atoms with Crippen LogP contribution in [0.2, 0.25) is 10.0 Å². The van der Waals surface area contributed by atoms with Crippen molar-refractivity contribution in [3.8, 4) is 5.75 Å². The number of halogens is 2. The van der Waals surface area contributed by atoms with Gasteiger partial charge in [0.25, 0.3) is 10.0 Å². The highest BCUT2D eigenvalue weighted by atomic mass is 35.5. The summed E-state index contributed by atoms with van der Waals surface area (Å²) in [7, 11) is -2.79. The molecule has 2 amide bonds. The van der Waals surface area contributed by atoms with Gasteiger partial charge < -0.3 is 15.0 Å². The van der Waals surface area contributed by atoms with E-state index in [1.54, 1.807) is 68.4 Å². The zero-order valence-electron chi connectivity index (χ0n) is 22.9. The highest BCUT2D eigenvalue weighted by Crippen LogP contribution is 2.34. The summed E-state index contributed by atoms with van der Waals surface area (Å²) in [5.41, 5.74) is 1.54. The zero-order chi connectivity index (χ0) is 29.4. The number of aryl methyl sites for hydroxylation is 1. The van der Waals surface area contributed by atoms with Crippen molar-refractivity contribution < 1.29 is 22.7 Å². The molecule has 0 fully saturated rings. The van der Waals surface area contributed by atoms with Gasteiger partial charge in [0, 0.05) is 23.1 Å². The Morgan fingerprint density at radius 3 is 2.30 bits per heavy atom. The third kappa shape index (κ3) is 7.27. The second-order valence-corrected chi connectivity index (χ2v) is 11.8. The lowest BCUT2D eigenvalue weighted by Gasteiger charge is -2.33. The number of amides is 2. The molecule has 40 heavy (non-hydrogen) atoms. The van der Waals surface area contributed by atoms with Gasteiger partial charge in [-0.2, -0.15) is 0 Å². The molecule has 0 aromatic heterocycles. The fourth-order valence-electron chi connectivity index (χ4n) is 4.27. The molecule has 0 bridgehead atoms. The number of hydrogen-bond donors (Lipinski definition) is 1. The van der Waals surface area contributed by atoms with Crippen molar-refractivity contribution in [3.63, 3.8) is 0 Å². The van der Waals surface area contributed by atoms with Crippen molar-refractivity contribution in [2.75, 3.05) is 24.5 Å². The van der Waals surface area contributed by atoms with Gasteiger partial charge in [0.1, 0.15) is 18.3 Å². The maximum Gasteiger partial charge on any atom is 0.264 e.